The van der Waals surface area contributed by atoms with E-state index in [0.717, 1.165) is 25.7 Å². The van der Waals surface area contributed by atoms with Crippen LogP contribution in [0.2, 0.25) is 0 Å². The Balaban J connectivity index is 1.45. The van der Waals surface area contributed by atoms with Crippen molar-refractivity contribution in [2.75, 3.05) is 0 Å². The Hall–Kier alpha value is -0.380. The Bertz CT molecular complexity index is 527. The first-order chi connectivity index (χ1) is 10.6. The summed E-state index contributed by atoms with van der Waals surface area (Å²) in [6.07, 6.45) is 6.79. The van der Waals surface area contributed by atoms with Crippen LogP contribution < -0.4 is 0 Å². The summed E-state index contributed by atoms with van der Waals surface area (Å²) in [6, 6.07) is 0. The maximum absolute atomic E-state index is 10.6. The lowest BCUT2D eigenvalue weighted by Crippen LogP contribution is -2.49. The SMILES string of the molecule is C=C1CC[C@H]2O[C@]2(C)CC[C@@H]2[C@@H]1C[C@@]2(C)CC(O)C1OC1(C)C. The highest BCUT2D eigenvalue weighted by Crippen LogP contribution is 2.61. The minimum atomic E-state index is -0.336. The first-order valence-corrected chi connectivity index (χ1v) is 9.36. The molecule has 0 radical (unpaired) electrons. The molecular formula is C20H32O3. The molecule has 2 aliphatic carbocycles. The van der Waals surface area contributed by atoms with E-state index in [9.17, 15) is 5.11 Å². The number of ether oxygens (including phenoxy) is 2. The van der Waals surface area contributed by atoms with Gasteiger partial charge in [0.25, 0.3) is 0 Å². The van der Waals surface area contributed by atoms with Crippen LogP contribution in [-0.2, 0) is 9.47 Å². The van der Waals surface area contributed by atoms with Gasteiger partial charge >= 0.3 is 0 Å². The summed E-state index contributed by atoms with van der Waals surface area (Å²) in [5, 5.41) is 10.6. The molecule has 0 amide bonds. The van der Waals surface area contributed by atoms with Gasteiger partial charge in [0, 0.05) is 0 Å². The van der Waals surface area contributed by atoms with Crippen LogP contribution in [0.4, 0.5) is 0 Å². The number of hydrogen-bond acceptors (Lipinski definition) is 3. The molecular weight excluding hydrogens is 288 g/mol. The van der Waals surface area contributed by atoms with Gasteiger partial charge in [-0.3, -0.25) is 0 Å². The number of hydrogen-bond donors (Lipinski definition) is 1. The summed E-state index contributed by atoms with van der Waals surface area (Å²) in [7, 11) is 0. The molecule has 2 unspecified atom stereocenters. The van der Waals surface area contributed by atoms with Crippen LogP contribution in [0.25, 0.3) is 0 Å². The molecule has 3 nitrogen and oxygen atoms in total. The van der Waals surface area contributed by atoms with Gasteiger partial charge in [0.05, 0.1) is 23.4 Å². The average Bonchev–Trinajstić information content (AvgIpc) is 3.29. The maximum atomic E-state index is 10.6. The molecule has 23 heavy (non-hydrogen) atoms. The van der Waals surface area contributed by atoms with E-state index in [1.807, 2.05) is 0 Å². The van der Waals surface area contributed by atoms with E-state index < -0.39 is 0 Å². The first kappa shape index (κ1) is 16.1. The molecule has 2 aliphatic heterocycles. The molecule has 2 saturated carbocycles. The zero-order chi connectivity index (χ0) is 16.6. The fourth-order valence-electron chi connectivity index (χ4n) is 5.57. The van der Waals surface area contributed by atoms with Crippen molar-refractivity contribution in [3.63, 3.8) is 0 Å². The molecule has 7 atom stereocenters. The average molecular weight is 320 g/mol. The van der Waals surface area contributed by atoms with Gasteiger partial charge in [0.2, 0.25) is 0 Å². The summed E-state index contributed by atoms with van der Waals surface area (Å²) >= 11 is 0. The van der Waals surface area contributed by atoms with Gasteiger partial charge in [0.1, 0.15) is 6.10 Å². The molecule has 0 spiro atoms. The van der Waals surface area contributed by atoms with Crippen molar-refractivity contribution in [1.82, 2.24) is 0 Å². The Morgan fingerprint density at radius 2 is 1.91 bits per heavy atom. The molecule has 4 fully saturated rings. The number of epoxide rings is 2. The number of allylic oxidation sites excluding steroid dienone is 1. The molecule has 1 N–H and O–H groups in total. The van der Waals surface area contributed by atoms with Gasteiger partial charge in [0.15, 0.2) is 0 Å². The highest BCUT2D eigenvalue weighted by atomic mass is 16.6. The van der Waals surface area contributed by atoms with Gasteiger partial charge in [-0.25, -0.2) is 0 Å². The molecule has 2 saturated heterocycles. The van der Waals surface area contributed by atoms with E-state index in [4.69, 9.17) is 9.47 Å². The summed E-state index contributed by atoms with van der Waals surface area (Å²) < 4.78 is 11.6. The zero-order valence-corrected chi connectivity index (χ0v) is 15.1. The van der Waals surface area contributed by atoms with Gasteiger partial charge in [-0.2, -0.15) is 0 Å². The van der Waals surface area contributed by atoms with Crippen molar-refractivity contribution in [3.05, 3.63) is 12.2 Å². The highest BCUT2D eigenvalue weighted by molar-refractivity contribution is 5.18. The van der Waals surface area contributed by atoms with E-state index in [0.29, 0.717) is 17.9 Å². The lowest BCUT2D eigenvalue weighted by Gasteiger charge is -2.55. The van der Waals surface area contributed by atoms with Crippen LogP contribution in [0, 0.1) is 17.3 Å². The fraction of sp³-hybridized carbons (Fsp3) is 0.900. The first-order valence-electron chi connectivity index (χ1n) is 9.36. The highest BCUT2D eigenvalue weighted by Gasteiger charge is 2.59. The quantitative estimate of drug-likeness (QED) is 0.635. The zero-order valence-electron chi connectivity index (χ0n) is 15.1. The monoisotopic (exact) mass is 320 g/mol. The Morgan fingerprint density at radius 1 is 1.22 bits per heavy atom. The number of aliphatic hydroxyl groups excluding tert-OH is 1. The van der Waals surface area contributed by atoms with Crippen molar-refractivity contribution in [2.24, 2.45) is 17.3 Å². The minimum Gasteiger partial charge on any atom is -0.390 e. The van der Waals surface area contributed by atoms with E-state index in [-0.39, 0.29) is 28.8 Å². The Kier molecular flexibility index (Phi) is 3.38. The maximum Gasteiger partial charge on any atom is 0.113 e. The molecule has 3 heteroatoms. The van der Waals surface area contributed by atoms with Crippen molar-refractivity contribution in [3.8, 4) is 0 Å². The van der Waals surface area contributed by atoms with Crippen LogP contribution >= 0.6 is 0 Å². The van der Waals surface area contributed by atoms with E-state index in [1.165, 1.54) is 18.4 Å². The molecule has 4 aliphatic rings. The van der Waals surface area contributed by atoms with Gasteiger partial charge in [-0.05, 0) is 76.5 Å². The Morgan fingerprint density at radius 3 is 2.57 bits per heavy atom. The van der Waals surface area contributed by atoms with Crippen LogP contribution in [0.5, 0.6) is 0 Å². The second-order valence-corrected chi connectivity index (χ2v) is 9.64. The topological polar surface area (TPSA) is 45.3 Å². The minimum absolute atomic E-state index is 0.0200. The lowest BCUT2D eigenvalue weighted by molar-refractivity contribution is -0.0599. The molecule has 0 bridgehead atoms. The van der Waals surface area contributed by atoms with Crippen LogP contribution in [0.3, 0.4) is 0 Å². The molecule has 130 valence electrons. The molecule has 0 aromatic rings. The van der Waals surface area contributed by atoms with Crippen molar-refractivity contribution in [2.45, 2.75) is 95.7 Å². The van der Waals surface area contributed by atoms with Crippen molar-refractivity contribution >= 4 is 0 Å². The normalized spacial score (nSPS) is 52.1. The van der Waals surface area contributed by atoms with Gasteiger partial charge < -0.3 is 14.6 Å². The molecule has 0 aromatic heterocycles. The third-order valence-corrected chi connectivity index (χ3v) is 7.39. The predicted octanol–water partition coefficient (Wildman–Crippen LogP) is 3.84. The third-order valence-electron chi connectivity index (χ3n) is 7.39. The number of rotatable bonds is 3. The number of aliphatic hydroxyl groups is 1. The number of fused-ring (bicyclic) bond motifs is 2. The smallest absolute Gasteiger partial charge is 0.113 e. The van der Waals surface area contributed by atoms with E-state index in [1.54, 1.807) is 0 Å². The molecule has 2 heterocycles. The summed E-state index contributed by atoms with van der Waals surface area (Å²) in [4.78, 5) is 0. The van der Waals surface area contributed by atoms with Gasteiger partial charge in [-0.1, -0.05) is 19.1 Å². The lowest BCUT2D eigenvalue weighted by atomic mass is 9.49. The van der Waals surface area contributed by atoms with Gasteiger partial charge in [-0.15, -0.1) is 0 Å². The Labute approximate surface area is 140 Å². The van der Waals surface area contributed by atoms with Crippen LogP contribution in [0.1, 0.15) is 66.2 Å². The van der Waals surface area contributed by atoms with Crippen LogP contribution in [-0.4, -0.2) is 34.6 Å². The van der Waals surface area contributed by atoms with Crippen LogP contribution in [0.15, 0.2) is 12.2 Å². The summed E-state index contributed by atoms with van der Waals surface area (Å²) in [5.41, 5.74) is 1.62. The second-order valence-electron chi connectivity index (χ2n) is 9.64. The van der Waals surface area contributed by atoms with Crippen molar-refractivity contribution < 1.29 is 14.6 Å². The van der Waals surface area contributed by atoms with E-state index in [2.05, 4.69) is 34.3 Å². The predicted molar refractivity (Wildman–Crippen MR) is 90.2 cm³/mol. The summed E-state index contributed by atoms with van der Waals surface area (Å²) in [5.74, 6) is 1.30. The van der Waals surface area contributed by atoms with E-state index >= 15 is 0 Å². The summed E-state index contributed by atoms with van der Waals surface area (Å²) in [6.45, 7) is 13.2. The second kappa shape index (κ2) is 4.83. The molecule has 0 aromatic carbocycles. The van der Waals surface area contributed by atoms with Crippen molar-refractivity contribution in [1.29, 1.82) is 0 Å². The fourth-order valence-corrected chi connectivity index (χ4v) is 5.57. The standard InChI is InChI=1S/C20H32O3/c1-12-6-7-16-20(5,22-16)9-8-14-13(12)10-19(14,4)11-15(21)17-18(2,3)23-17/h13-17,21H,1,6-11H2,2-5H3/t13-,14-,15?,16-,17?,19+,20-/m1/s1. The molecule has 4 rings (SSSR count). The third kappa shape index (κ3) is 2.60. The largest absolute Gasteiger partial charge is 0.390 e.